The van der Waals surface area contributed by atoms with Crippen molar-refractivity contribution in [3.63, 3.8) is 0 Å². The van der Waals surface area contributed by atoms with Crippen LogP contribution in [0.4, 0.5) is 5.13 Å². The number of benzene rings is 1. The maximum absolute atomic E-state index is 12.3. The van der Waals surface area contributed by atoms with E-state index in [-0.39, 0.29) is 5.91 Å². The Morgan fingerprint density at radius 2 is 2.17 bits per heavy atom. The molecule has 3 aromatic rings. The number of hydrogen-bond donors (Lipinski definition) is 2. The molecule has 2 heterocycles. The number of H-pyrrole nitrogens is 1. The second-order valence-corrected chi connectivity index (χ2v) is 6.20. The van der Waals surface area contributed by atoms with Crippen LogP contribution < -0.4 is 16.4 Å². The first kappa shape index (κ1) is 15.2. The molecule has 0 radical (unpaired) electrons. The molecule has 0 bridgehead atoms. The van der Waals surface area contributed by atoms with Gasteiger partial charge in [0.15, 0.2) is 5.13 Å². The van der Waals surface area contributed by atoms with Gasteiger partial charge in [-0.25, -0.2) is 4.98 Å². The zero-order valence-electron chi connectivity index (χ0n) is 12.5. The van der Waals surface area contributed by atoms with E-state index >= 15 is 0 Å². The molecule has 0 aliphatic heterocycles. The summed E-state index contributed by atoms with van der Waals surface area (Å²) in [5.41, 5.74) is 0.100. The normalized spacial score (nSPS) is 10.9. The van der Waals surface area contributed by atoms with E-state index in [4.69, 9.17) is 0 Å². The van der Waals surface area contributed by atoms with Crippen molar-refractivity contribution in [1.29, 1.82) is 0 Å². The van der Waals surface area contributed by atoms with Crippen LogP contribution in [0.3, 0.4) is 0 Å². The van der Waals surface area contributed by atoms with Crippen LogP contribution in [0.15, 0.2) is 34.0 Å². The molecule has 0 unspecified atom stereocenters. The number of nitrogens with one attached hydrogen (secondary N) is 2. The molecule has 2 N–H and O–H groups in total. The van der Waals surface area contributed by atoms with E-state index in [2.05, 4.69) is 15.3 Å². The van der Waals surface area contributed by atoms with Crippen molar-refractivity contribution in [3.8, 4) is 0 Å². The topological polar surface area (TPSA) is 96.9 Å². The maximum Gasteiger partial charge on any atom is 0.316 e. The molecule has 3 rings (SSSR count). The van der Waals surface area contributed by atoms with E-state index in [1.54, 1.807) is 31.3 Å². The second-order valence-electron chi connectivity index (χ2n) is 4.97. The fraction of sp³-hybridized carbons (Fsp3) is 0.200. The van der Waals surface area contributed by atoms with Gasteiger partial charge >= 0.3 is 11.1 Å². The molecule has 8 heteroatoms. The number of aryl methyl sites for hydroxylation is 2. The molecule has 0 saturated carbocycles. The van der Waals surface area contributed by atoms with Gasteiger partial charge in [0.25, 0.3) is 5.91 Å². The number of thiazole rings is 1. The van der Waals surface area contributed by atoms with Gasteiger partial charge < -0.3 is 9.55 Å². The van der Waals surface area contributed by atoms with E-state index in [1.807, 2.05) is 6.92 Å². The number of aromatic nitrogens is 3. The second kappa shape index (κ2) is 5.81. The average molecular weight is 330 g/mol. The summed E-state index contributed by atoms with van der Waals surface area (Å²) in [6.45, 7) is 4.06. The third kappa shape index (κ3) is 2.80. The van der Waals surface area contributed by atoms with Gasteiger partial charge in [-0.15, -0.1) is 11.3 Å². The van der Waals surface area contributed by atoms with Crippen molar-refractivity contribution in [3.05, 3.63) is 55.5 Å². The zero-order valence-corrected chi connectivity index (χ0v) is 13.4. The number of hydrogen-bond acceptors (Lipinski definition) is 5. The van der Waals surface area contributed by atoms with Gasteiger partial charge in [0.1, 0.15) is 0 Å². The lowest BCUT2D eigenvalue weighted by molar-refractivity contribution is 0.102. The summed E-state index contributed by atoms with van der Waals surface area (Å²) >= 11 is 1.38. The minimum absolute atomic E-state index is 0.323. The van der Waals surface area contributed by atoms with Crippen LogP contribution in [0.1, 0.15) is 22.2 Å². The number of aromatic amines is 1. The number of rotatable bonds is 3. The summed E-state index contributed by atoms with van der Waals surface area (Å²) in [5, 5.41) is 3.22. The number of amides is 1. The molecular weight excluding hydrogens is 316 g/mol. The Labute approximate surface area is 134 Å². The summed E-state index contributed by atoms with van der Waals surface area (Å²) in [6.07, 6.45) is 1.68. The van der Waals surface area contributed by atoms with Gasteiger partial charge in [-0.2, -0.15) is 0 Å². The standard InChI is InChI=1S/C15H14N4O3S/c1-3-19-11-5-4-9(6-10(11)17-13(21)14(19)22)12(20)18-15-16-7-8(2)23-15/h4-7H,3H2,1-2H3,(H,17,21)(H,16,18,20). The van der Waals surface area contributed by atoms with Crippen LogP contribution in [0.5, 0.6) is 0 Å². The number of fused-ring (bicyclic) bond motifs is 1. The highest BCUT2D eigenvalue weighted by molar-refractivity contribution is 7.15. The van der Waals surface area contributed by atoms with Crippen LogP contribution in [-0.2, 0) is 6.54 Å². The van der Waals surface area contributed by atoms with Crippen LogP contribution >= 0.6 is 11.3 Å². The van der Waals surface area contributed by atoms with Crippen LogP contribution in [-0.4, -0.2) is 20.4 Å². The van der Waals surface area contributed by atoms with Gasteiger partial charge in [0.2, 0.25) is 0 Å². The molecule has 118 valence electrons. The van der Waals surface area contributed by atoms with Crippen LogP contribution in [0, 0.1) is 6.92 Å². The first-order chi connectivity index (χ1) is 11.0. The first-order valence-electron chi connectivity index (χ1n) is 7.00. The third-order valence-electron chi connectivity index (χ3n) is 3.40. The summed E-state index contributed by atoms with van der Waals surface area (Å²) in [6, 6.07) is 4.82. The Balaban J connectivity index is 2.03. The quantitative estimate of drug-likeness (QED) is 0.715. The number of carbonyl (C=O) groups excluding carboxylic acids is 1. The Morgan fingerprint density at radius 3 is 2.83 bits per heavy atom. The van der Waals surface area contributed by atoms with Crippen molar-refractivity contribution in [2.75, 3.05) is 5.32 Å². The van der Waals surface area contributed by atoms with Gasteiger partial charge in [0.05, 0.1) is 11.0 Å². The number of nitrogens with zero attached hydrogens (tertiary/aromatic N) is 2. The van der Waals surface area contributed by atoms with Crippen molar-refractivity contribution in [1.82, 2.24) is 14.5 Å². The average Bonchev–Trinajstić information content (AvgIpc) is 2.93. The minimum atomic E-state index is -0.701. The Morgan fingerprint density at radius 1 is 1.39 bits per heavy atom. The molecular formula is C15H14N4O3S. The SMILES string of the molecule is CCn1c(=O)c(=O)[nH]c2cc(C(=O)Nc3ncc(C)s3)ccc21. The minimum Gasteiger partial charge on any atom is -0.316 e. The van der Waals surface area contributed by atoms with Gasteiger partial charge in [0, 0.05) is 23.2 Å². The van der Waals surface area contributed by atoms with Crippen LogP contribution in [0.25, 0.3) is 11.0 Å². The van der Waals surface area contributed by atoms with E-state index in [0.717, 1.165) is 4.88 Å². The lowest BCUT2D eigenvalue weighted by Crippen LogP contribution is -2.36. The van der Waals surface area contributed by atoms with Crippen molar-refractivity contribution in [2.45, 2.75) is 20.4 Å². The lowest BCUT2D eigenvalue weighted by Gasteiger charge is -2.08. The lowest BCUT2D eigenvalue weighted by atomic mass is 10.2. The predicted molar refractivity (Wildman–Crippen MR) is 89.3 cm³/mol. The molecule has 2 aromatic heterocycles. The number of anilines is 1. The molecule has 0 aliphatic carbocycles. The van der Waals surface area contributed by atoms with Gasteiger partial charge in [-0.1, -0.05) is 0 Å². The molecule has 0 saturated heterocycles. The predicted octanol–water partition coefficient (Wildman–Crippen LogP) is 1.73. The van der Waals surface area contributed by atoms with E-state index < -0.39 is 11.1 Å². The molecule has 23 heavy (non-hydrogen) atoms. The summed E-state index contributed by atoms with van der Waals surface area (Å²) in [5.74, 6) is -0.323. The molecule has 0 fully saturated rings. The van der Waals surface area contributed by atoms with E-state index in [9.17, 15) is 14.4 Å². The molecule has 0 atom stereocenters. The summed E-state index contributed by atoms with van der Waals surface area (Å²) in [4.78, 5) is 43.4. The van der Waals surface area contributed by atoms with Gasteiger partial charge in [-0.3, -0.25) is 19.7 Å². The molecule has 0 spiro atoms. The highest BCUT2D eigenvalue weighted by Crippen LogP contribution is 2.18. The van der Waals surface area contributed by atoms with Crippen molar-refractivity contribution < 1.29 is 4.79 Å². The van der Waals surface area contributed by atoms with E-state index in [0.29, 0.717) is 28.3 Å². The summed E-state index contributed by atoms with van der Waals surface area (Å²) in [7, 11) is 0. The molecule has 1 aromatic carbocycles. The van der Waals surface area contributed by atoms with E-state index in [1.165, 1.54) is 15.9 Å². The van der Waals surface area contributed by atoms with Crippen molar-refractivity contribution >= 4 is 33.4 Å². The zero-order chi connectivity index (χ0) is 16.6. The largest absolute Gasteiger partial charge is 0.316 e. The Hall–Kier alpha value is -2.74. The smallest absolute Gasteiger partial charge is 0.316 e. The maximum atomic E-state index is 12.3. The van der Waals surface area contributed by atoms with Crippen LogP contribution in [0.2, 0.25) is 0 Å². The Bertz CT molecular complexity index is 1020. The number of carbonyl (C=O) groups is 1. The molecule has 0 aliphatic rings. The fourth-order valence-electron chi connectivity index (χ4n) is 2.32. The highest BCUT2D eigenvalue weighted by atomic mass is 32.1. The summed E-state index contributed by atoms with van der Waals surface area (Å²) < 4.78 is 1.38. The third-order valence-corrected chi connectivity index (χ3v) is 4.22. The molecule has 1 amide bonds. The Kier molecular flexibility index (Phi) is 3.83. The highest BCUT2D eigenvalue weighted by Gasteiger charge is 2.12. The van der Waals surface area contributed by atoms with Crippen molar-refractivity contribution in [2.24, 2.45) is 0 Å². The van der Waals surface area contributed by atoms with Gasteiger partial charge in [-0.05, 0) is 32.0 Å². The monoisotopic (exact) mass is 330 g/mol. The fourth-order valence-corrected chi connectivity index (χ4v) is 2.98. The first-order valence-corrected chi connectivity index (χ1v) is 7.82. The molecule has 7 nitrogen and oxygen atoms in total.